The van der Waals surface area contributed by atoms with Crippen molar-refractivity contribution in [3.8, 4) is 0 Å². The Balaban J connectivity index is 2.93. The molecule has 0 aromatic rings. The summed E-state index contributed by atoms with van der Waals surface area (Å²) in [7, 11) is 0. The summed E-state index contributed by atoms with van der Waals surface area (Å²) in [6.45, 7) is 0. The Morgan fingerprint density at radius 1 is 1.00 bits per heavy atom. The first-order valence-electron chi connectivity index (χ1n) is 2.74. The third-order valence-electron chi connectivity index (χ3n) is 1.12. The lowest BCUT2D eigenvalue weighted by Crippen LogP contribution is -2.59. The van der Waals surface area contributed by atoms with Gasteiger partial charge in [-0.05, 0) is 11.6 Å². The van der Waals surface area contributed by atoms with E-state index in [1.54, 1.807) is 0 Å². The molecule has 1 aliphatic rings. The topological polar surface area (TPSA) is 18.5 Å². The lowest BCUT2D eigenvalue weighted by molar-refractivity contribution is -0.524. The van der Waals surface area contributed by atoms with E-state index in [1.807, 2.05) is 0 Å². The Bertz CT molecular complexity index is 219. The van der Waals surface area contributed by atoms with Crippen LogP contribution in [0.2, 0.25) is 0 Å². The highest BCUT2D eigenvalue weighted by Crippen LogP contribution is 2.48. The number of ether oxygens (including phenoxy) is 2. The van der Waals surface area contributed by atoms with Gasteiger partial charge in [0.1, 0.15) is 0 Å². The molecule has 1 saturated heterocycles. The minimum absolute atomic E-state index is 2.70. The van der Waals surface area contributed by atoms with Gasteiger partial charge in [0.05, 0.1) is 0 Å². The summed E-state index contributed by atoms with van der Waals surface area (Å²) in [6.07, 6.45) is -14.1. The van der Waals surface area contributed by atoms with Gasteiger partial charge in [0.15, 0.2) is 0 Å². The van der Waals surface area contributed by atoms with E-state index in [9.17, 15) is 26.3 Å². The van der Waals surface area contributed by atoms with Gasteiger partial charge in [-0.3, -0.25) is 9.47 Å². The normalized spacial score (nSPS) is 43.2. The molecular weight excluding hydrogens is 229 g/mol. The van der Waals surface area contributed by atoms with Crippen LogP contribution in [-0.2, 0) is 9.47 Å². The van der Waals surface area contributed by atoms with E-state index in [-0.39, 0.29) is 0 Å². The highest BCUT2D eigenvalue weighted by atomic mass is 35.5. The lowest BCUT2D eigenvalue weighted by Gasteiger charge is -2.37. The van der Waals surface area contributed by atoms with E-state index in [0.29, 0.717) is 0 Å². The molecule has 78 valence electrons. The second-order valence-corrected chi connectivity index (χ2v) is 2.65. The second-order valence-electron chi connectivity index (χ2n) is 2.13. The summed E-state index contributed by atoms with van der Waals surface area (Å²) in [5, 5.41) is -4.12. The Morgan fingerprint density at radius 2 is 1.46 bits per heavy atom. The van der Waals surface area contributed by atoms with Gasteiger partial charge in [0.25, 0.3) is 6.36 Å². The minimum atomic E-state index is -5.31. The first-order chi connectivity index (χ1) is 5.58. The third kappa shape index (κ3) is 1.70. The van der Waals surface area contributed by atoms with Crippen LogP contribution in [0.15, 0.2) is 0 Å². The van der Waals surface area contributed by atoms with Crippen LogP contribution in [0.25, 0.3) is 0 Å². The fourth-order valence-electron chi connectivity index (χ4n) is 0.544. The van der Waals surface area contributed by atoms with E-state index in [2.05, 4.69) is 21.1 Å². The molecule has 0 N–H and O–H groups in total. The summed E-state index contributed by atoms with van der Waals surface area (Å²) >= 11 is 4.33. The fourth-order valence-corrected chi connectivity index (χ4v) is 0.685. The van der Waals surface area contributed by atoms with E-state index < -0.39 is 23.9 Å². The van der Waals surface area contributed by atoms with Crippen LogP contribution in [0.3, 0.4) is 0 Å². The van der Waals surface area contributed by atoms with Crippen LogP contribution >= 0.6 is 11.6 Å². The van der Waals surface area contributed by atoms with Gasteiger partial charge in [0, 0.05) is 0 Å². The summed E-state index contributed by atoms with van der Waals surface area (Å²) < 4.78 is 78.0. The van der Waals surface area contributed by atoms with Crippen molar-refractivity contribution in [3.05, 3.63) is 0 Å². The molecule has 1 rings (SSSR count). The van der Waals surface area contributed by atoms with E-state index in [1.165, 1.54) is 0 Å². The molecule has 2 nitrogen and oxygen atoms in total. The Hall–Kier alpha value is -0.210. The van der Waals surface area contributed by atoms with Crippen molar-refractivity contribution in [3.63, 3.8) is 0 Å². The maximum atomic E-state index is 12.3. The summed E-state index contributed by atoms with van der Waals surface area (Å²) in [6, 6.07) is 0. The Labute approximate surface area is 72.4 Å². The van der Waals surface area contributed by atoms with Crippen molar-refractivity contribution in [2.45, 2.75) is 23.9 Å². The van der Waals surface area contributed by atoms with Crippen LogP contribution in [0, 0.1) is 0 Å². The third-order valence-corrected chi connectivity index (χ3v) is 1.37. The molecule has 0 bridgehead atoms. The molecule has 0 spiro atoms. The number of rotatable bonds is 0. The van der Waals surface area contributed by atoms with Crippen molar-refractivity contribution in [2.24, 2.45) is 0 Å². The number of hydrogen-bond acceptors (Lipinski definition) is 2. The van der Waals surface area contributed by atoms with Crippen LogP contribution in [-0.4, -0.2) is 23.9 Å². The molecule has 9 heteroatoms. The molecule has 0 aromatic heterocycles. The van der Waals surface area contributed by atoms with Gasteiger partial charge < -0.3 is 0 Å². The molecule has 1 fully saturated rings. The molecule has 2 unspecified atom stereocenters. The second kappa shape index (κ2) is 2.64. The van der Waals surface area contributed by atoms with Crippen molar-refractivity contribution in [2.75, 3.05) is 0 Å². The molecule has 0 aliphatic carbocycles. The highest BCUT2D eigenvalue weighted by molar-refractivity contribution is 6.22. The van der Waals surface area contributed by atoms with Crippen LogP contribution in [0.1, 0.15) is 0 Å². The maximum Gasteiger partial charge on any atom is 0.452 e. The van der Waals surface area contributed by atoms with Gasteiger partial charge in [-0.15, -0.1) is 0 Å². The molecule has 0 amide bonds. The predicted octanol–water partition coefficient (Wildman–Crippen LogP) is 2.38. The van der Waals surface area contributed by atoms with E-state index in [4.69, 9.17) is 0 Å². The zero-order valence-electron chi connectivity index (χ0n) is 5.54. The predicted molar refractivity (Wildman–Crippen MR) is 26.7 cm³/mol. The highest BCUT2D eigenvalue weighted by Gasteiger charge is 2.71. The smallest absolute Gasteiger partial charge is 0.271 e. The average molecular weight is 230 g/mol. The quantitative estimate of drug-likeness (QED) is 0.470. The monoisotopic (exact) mass is 230 g/mol. The largest absolute Gasteiger partial charge is 0.452 e. The molecule has 0 radical (unpaired) electrons. The van der Waals surface area contributed by atoms with Gasteiger partial charge in [-0.1, -0.05) is 0 Å². The van der Waals surface area contributed by atoms with Crippen LogP contribution < -0.4 is 0 Å². The van der Waals surface area contributed by atoms with Gasteiger partial charge in [-0.2, -0.15) is 22.0 Å². The van der Waals surface area contributed by atoms with Gasteiger partial charge in [-0.25, -0.2) is 4.39 Å². The Morgan fingerprint density at radius 3 is 1.85 bits per heavy atom. The summed E-state index contributed by atoms with van der Waals surface area (Å²) in [4.78, 5) is 0. The van der Waals surface area contributed by atoms with E-state index in [0.717, 1.165) is 0 Å². The lowest BCUT2D eigenvalue weighted by atomic mass is 10.5. The molecule has 0 saturated carbocycles. The van der Waals surface area contributed by atoms with Crippen molar-refractivity contribution in [1.82, 2.24) is 0 Å². The molecule has 1 heterocycles. The minimum Gasteiger partial charge on any atom is -0.271 e. The number of alkyl halides is 7. The van der Waals surface area contributed by atoms with Crippen molar-refractivity contribution in [1.29, 1.82) is 0 Å². The molecule has 13 heavy (non-hydrogen) atoms. The molecule has 1 aliphatic heterocycles. The zero-order valence-corrected chi connectivity index (χ0v) is 6.30. The zero-order chi connectivity index (χ0) is 10.5. The molecule has 0 aromatic carbocycles. The average Bonchev–Trinajstić information content (AvgIpc) is 1.80. The SMILES string of the molecule is FC1OC(F)(F)C(F)(F)OC1(F)Cl. The van der Waals surface area contributed by atoms with Gasteiger partial charge >= 0.3 is 17.5 Å². The fraction of sp³-hybridized carbons (Fsp3) is 1.00. The number of halogens is 7. The van der Waals surface area contributed by atoms with Crippen molar-refractivity contribution < 1.29 is 35.8 Å². The van der Waals surface area contributed by atoms with Gasteiger partial charge in [0.2, 0.25) is 0 Å². The first-order valence-corrected chi connectivity index (χ1v) is 3.12. The molecule has 2 atom stereocenters. The first kappa shape index (κ1) is 10.9. The van der Waals surface area contributed by atoms with E-state index >= 15 is 0 Å². The Kier molecular flexibility index (Phi) is 2.21. The standard InChI is InChI=1S/C4HClF6O2/c5-2(7)1(6)12-3(8,9)4(10,11)13-2/h1H. The summed E-state index contributed by atoms with van der Waals surface area (Å²) in [5.41, 5.74) is 0. The van der Waals surface area contributed by atoms with Crippen LogP contribution in [0.4, 0.5) is 26.3 Å². The summed E-state index contributed by atoms with van der Waals surface area (Å²) in [5.74, 6) is 0. The number of hydrogen-bond donors (Lipinski definition) is 0. The van der Waals surface area contributed by atoms with Crippen molar-refractivity contribution >= 4 is 11.6 Å². The van der Waals surface area contributed by atoms with Crippen LogP contribution in [0.5, 0.6) is 0 Å². The molecular formula is C4HClF6O2. The maximum absolute atomic E-state index is 12.3.